The maximum atomic E-state index is 12.2. The standard InChI is InChI=1S/C17H19N3O4/c1-11(21)19-14(12-3-5-13(24-2)6-4-12)9-17(23)20-15-10-18-8-7-16(15)22/h3-8,10,14H,9H2,1-2H3,(H,18,22)(H,19,21)(H,20,23)/t14-/m1/s1. The molecule has 1 atom stereocenters. The van der Waals surface area contributed by atoms with Crippen molar-refractivity contribution in [3.05, 3.63) is 58.5 Å². The first-order chi connectivity index (χ1) is 11.5. The van der Waals surface area contributed by atoms with Gasteiger partial charge in [0.25, 0.3) is 0 Å². The lowest BCUT2D eigenvalue weighted by molar-refractivity contribution is -0.120. The fourth-order valence-corrected chi connectivity index (χ4v) is 2.23. The molecule has 2 amide bonds. The second-order valence-corrected chi connectivity index (χ2v) is 5.20. The Morgan fingerprint density at radius 1 is 1.21 bits per heavy atom. The number of hydrogen-bond acceptors (Lipinski definition) is 4. The minimum Gasteiger partial charge on any atom is -0.497 e. The summed E-state index contributed by atoms with van der Waals surface area (Å²) in [4.78, 5) is 38.0. The molecule has 2 rings (SSSR count). The van der Waals surface area contributed by atoms with Crippen LogP contribution >= 0.6 is 0 Å². The lowest BCUT2D eigenvalue weighted by Crippen LogP contribution is -2.30. The van der Waals surface area contributed by atoms with Gasteiger partial charge in [-0.15, -0.1) is 0 Å². The molecule has 7 heteroatoms. The van der Waals surface area contributed by atoms with Gasteiger partial charge in [-0.25, -0.2) is 0 Å². The molecule has 0 aliphatic heterocycles. The summed E-state index contributed by atoms with van der Waals surface area (Å²) < 4.78 is 5.10. The lowest BCUT2D eigenvalue weighted by atomic mass is 10.0. The van der Waals surface area contributed by atoms with Crippen LogP contribution in [-0.4, -0.2) is 23.9 Å². The van der Waals surface area contributed by atoms with Gasteiger partial charge < -0.3 is 20.4 Å². The number of carbonyl (C=O) groups excluding carboxylic acids is 2. The zero-order valence-electron chi connectivity index (χ0n) is 13.5. The Morgan fingerprint density at radius 3 is 2.50 bits per heavy atom. The van der Waals surface area contributed by atoms with Crippen LogP contribution in [0.3, 0.4) is 0 Å². The number of ether oxygens (including phenoxy) is 1. The van der Waals surface area contributed by atoms with E-state index in [0.717, 1.165) is 5.56 Å². The van der Waals surface area contributed by atoms with Crippen LogP contribution in [-0.2, 0) is 9.59 Å². The second kappa shape index (κ2) is 7.96. The van der Waals surface area contributed by atoms with Crippen molar-refractivity contribution in [2.24, 2.45) is 0 Å². The summed E-state index contributed by atoms with van der Waals surface area (Å²) in [6, 6.07) is 7.89. The van der Waals surface area contributed by atoms with Gasteiger partial charge >= 0.3 is 0 Å². The third-order valence-corrected chi connectivity index (χ3v) is 3.38. The fourth-order valence-electron chi connectivity index (χ4n) is 2.23. The van der Waals surface area contributed by atoms with Gasteiger partial charge in [0.05, 0.1) is 19.6 Å². The topological polar surface area (TPSA) is 100 Å². The molecule has 0 spiro atoms. The van der Waals surface area contributed by atoms with Crippen molar-refractivity contribution in [2.75, 3.05) is 12.4 Å². The molecule has 0 saturated carbocycles. The minimum atomic E-state index is -0.504. The van der Waals surface area contributed by atoms with Gasteiger partial charge in [-0.1, -0.05) is 12.1 Å². The number of aromatic amines is 1. The Balaban J connectivity index is 2.12. The Hall–Kier alpha value is -3.09. The molecule has 0 bridgehead atoms. The van der Waals surface area contributed by atoms with Crippen LogP contribution in [0.4, 0.5) is 5.69 Å². The number of hydrogen-bond donors (Lipinski definition) is 3. The molecule has 0 unspecified atom stereocenters. The van der Waals surface area contributed by atoms with Gasteiger partial charge in [-0.3, -0.25) is 14.4 Å². The second-order valence-electron chi connectivity index (χ2n) is 5.20. The van der Waals surface area contributed by atoms with E-state index < -0.39 is 6.04 Å². The van der Waals surface area contributed by atoms with Gasteiger partial charge in [-0.2, -0.15) is 0 Å². The van der Waals surface area contributed by atoms with Crippen LogP contribution in [0.25, 0.3) is 0 Å². The Labute approximate surface area is 139 Å². The van der Waals surface area contributed by atoms with Crippen LogP contribution in [0.5, 0.6) is 5.75 Å². The molecule has 7 nitrogen and oxygen atoms in total. The highest BCUT2D eigenvalue weighted by Gasteiger charge is 2.18. The van der Waals surface area contributed by atoms with Crippen molar-refractivity contribution in [2.45, 2.75) is 19.4 Å². The Morgan fingerprint density at radius 2 is 1.92 bits per heavy atom. The van der Waals surface area contributed by atoms with E-state index in [4.69, 9.17) is 4.74 Å². The summed E-state index contributed by atoms with van der Waals surface area (Å²) in [5.74, 6) is 0.0584. The van der Waals surface area contributed by atoms with Crippen molar-refractivity contribution in [1.29, 1.82) is 0 Å². The molecule has 2 aromatic rings. The highest BCUT2D eigenvalue weighted by Crippen LogP contribution is 2.20. The van der Waals surface area contributed by atoms with E-state index in [2.05, 4.69) is 15.6 Å². The van der Waals surface area contributed by atoms with Crippen LogP contribution in [0.1, 0.15) is 24.9 Å². The average molecular weight is 329 g/mol. The van der Waals surface area contributed by atoms with Gasteiger partial charge in [0.1, 0.15) is 11.4 Å². The van der Waals surface area contributed by atoms with Gasteiger partial charge in [0.2, 0.25) is 17.2 Å². The molecule has 1 aromatic carbocycles. The SMILES string of the molecule is COc1ccc([C@@H](CC(=O)Nc2c[nH]ccc2=O)NC(C)=O)cc1. The van der Waals surface area contributed by atoms with Crippen LogP contribution < -0.4 is 20.8 Å². The maximum Gasteiger partial charge on any atom is 0.226 e. The molecule has 126 valence electrons. The van der Waals surface area contributed by atoms with Crippen LogP contribution in [0, 0.1) is 0 Å². The molecule has 3 N–H and O–H groups in total. The summed E-state index contributed by atoms with van der Waals surface area (Å²) >= 11 is 0. The smallest absolute Gasteiger partial charge is 0.226 e. The number of anilines is 1. The molecule has 0 radical (unpaired) electrons. The highest BCUT2D eigenvalue weighted by atomic mass is 16.5. The quantitative estimate of drug-likeness (QED) is 0.749. The van der Waals surface area contributed by atoms with Crippen LogP contribution in [0.15, 0.2) is 47.5 Å². The van der Waals surface area contributed by atoms with Crippen molar-refractivity contribution < 1.29 is 14.3 Å². The molecule has 24 heavy (non-hydrogen) atoms. The zero-order valence-corrected chi connectivity index (χ0v) is 13.5. The van der Waals surface area contributed by atoms with Crippen molar-refractivity contribution in [3.63, 3.8) is 0 Å². The molecule has 0 fully saturated rings. The number of rotatable bonds is 6. The third kappa shape index (κ3) is 4.70. The number of methoxy groups -OCH3 is 1. The number of aromatic nitrogens is 1. The predicted octanol–water partition coefficient (Wildman–Crippen LogP) is 1.59. The van der Waals surface area contributed by atoms with Crippen molar-refractivity contribution in [3.8, 4) is 5.75 Å². The Kier molecular flexibility index (Phi) is 5.73. The van der Waals surface area contributed by atoms with E-state index in [1.54, 1.807) is 31.4 Å². The molecule has 0 saturated heterocycles. The number of H-pyrrole nitrogens is 1. The molecular weight excluding hydrogens is 310 g/mol. The van der Waals surface area contributed by atoms with E-state index in [1.165, 1.54) is 25.4 Å². The van der Waals surface area contributed by atoms with E-state index in [0.29, 0.717) is 5.75 Å². The first-order valence-electron chi connectivity index (χ1n) is 7.37. The number of nitrogens with one attached hydrogen (secondary N) is 3. The van der Waals surface area contributed by atoms with E-state index in [9.17, 15) is 14.4 Å². The molecule has 1 aromatic heterocycles. The summed E-state index contributed by atoms with van der Waals surface area (Å²) in [5, 5.41) is 5.29. The number of amides is 2. The molecule has 0 aliphatic carbocycles. The van der Waals surface area contributed by atoms with Gasteiger partial charge in [0, 0.05) is 25.4 Å². The lowest BCUT2D eigenvalue weighted by Gasteiger charge is -2.18. The molecular formula is C17H19N3O4. The Bertz CT molecular complexity index is 768. The van der Waals surface area contributed by atoms with Gasteiger partial charge in [-0.05, 0) is 17.7 Å². The third-order valence-electron chi connectivity index (χ3n) is 3.38. The summed E-state index contributed by atoms with van der Waals surface area (Å²) in [7, 11) is 1.56. The summed E-state index contributed by atoms with van der Waals surface area (Å²) in [6.07, 6.45) is 2.90. The predicted molar refractivity (Wildman–Crippen MR) is 89.9 cm³/mol. The van der Waals surface area contributed by atoms with Gasteiger partial charge in [0.15, 0.2) is 0 Å². The molecule has 0 aliphatic rings. The first-order valence-corrected chi connectivity index (χ1v) is 7.37. The first kappa shape index (κ1) is 17.3. The number of pyridine rings is 1. The van der Waals surface area contributed by atoms with E-state index >= 15 is 0 Å². The monoisotopic (exact) mass is 329 g/mol. The normalized spacial score (nSPS) is 11.4. The highest BCUT2D eigenvalue weighted by molar-refractivity contribution is 5.91. The number of benzene rings is 1. The van der Waals surface area contributed by atoms with Crippen LogP contribution in [0.2, 0.25) is 0 Å². The molecule has 1 heterocycles. The minimum absolute atomic E-state index is 0.000241. The van der Waals surface area contributed by atoms with Crippen molar-refractivity contribution in [1.82, 2.24) is 10.3 Å². The van der Waals surface area contributed by atoms with E-state index in [-0.39, 0.29) is 29.4 Å². The van der Waals surface area contributed by atoms with E-state index in [1.807, 2.05) is 0 Å². The van der Waals surface area contributed by atoms with Crippen molar-refractivity contribution >= 4 is 17.5 Å². The largest absolute Gasteiger partial charge is 0.497 e. The fraction of sp³-hybridized carbons (Fsp3) is 0.235. The maximum absolute atomic E-state index is 12.2. The summed E-state index contributed by atoms with van der Waals surface area (Å²) in [6.45, 7) is 1.39. The number of carbonyl (C=O) groups is 2. The average Bonchev–Trinajstić information content (AvgIpc) is 2.56. The summed E-state index contributed by atoms with van der Waals surface area (Å²) in [5.41, 5.74) is 0.643. The zero-order chi connectivity index (χ0) is 17.5.